The molecule has 0 bridgehead atoms. The number of hydrogen-bond acceptors (Lipinski definition) is 13. The number of phenols is 1. The fraction of sp³-hybridized carbons (Fsp3) is 0.552. The normalized spacial score (nSPS) is 40.6. The Balaban J connectivity index is 1.38. The van der Waals surface area contributed by atoms with Crippen LogP contribution < -0.4 is 18.9 Å². The quantitative estimate of drug-likeness (QED) is 0.429. The van der Waals surface area contributed by atoms with Gasteiger partial charge in [-0.3, -0.25) is 4.79 Å². The van der Waals surface area contributed by atoms with Crippen LogP contribution in [0.5, 0.6) is 28.7 Å². The molecule has 7 rings (SSSR count). The van der Waals surface area contributed by atoms with Crippen molar-refractivity contribution in [3.05, 3.63) is 41.0 Å². The van der Waals surface area contributed by atoms with Crippen LogP contribution in [0.15, 0.2) is 24.3 Å². The summed E-state index contributed by atoms with van der Waals surface area (Å²) in [6, 6.07) is 5.85. The first-order valence-corrected chi connectivity index (χ1v) is 13.5. The number of benzene rings is 2. The maximum Gasteiger partial charge on any atom is 0.310 e. The minimum Gasteiger partial charge on any atom is -0.502 e. The number of cyclic esters (lactones) is 1. The zero-order chi connectivity index (χ0) is 31.1. The lowest BCUT2D eigenvalue weighted by atomic mass is 9.66. The second-order valence-electron chi connectivity index (χ2n) is 10.6. The Kier molecular flexibility index (Phi) is 6.26. The SMILES string of the molecule is [2H][C@@]1(c2cc(OC)c(O)c(OC)c2)c2cc3c(cc2[C@@H](O[C@@H]2O[C@@H]4CO[C@@H](C)O[C@H]4[C@H](O)[C@H]2O)[C@H]2COC(=O)[C@@]21[2H])OCO3. The van der Waals surface area contributed by atoms with E-state index in [0.717, 1.165) is 0 Å². The smallest absolute Gasteiger partial charge is 0.310 e. The first-order chi connectivity index (χ1) is 21.0. The highest BCUT2D eigenvalue weighted by Crippen LogP contribution is 2.57. The molecule has 0 spiro atoms. The molecule has 0 aromatic heterocycles. The van der Waals surface area contributed by atoms with Gasteiger partial charge < -0.3 is 58.0 Å². The fourth-order valence-corrected chi connectivity index (χ4v) is 6.25. The molecule has 3 saturated heterocycles. The van der Waals surface area contributed by atoms with E-state index in [9.17, 15) is 22.9 Å². The number of ether oxygens (including phenoxy) is 9. The number of methoxy groups -OCH3 is 2. The van der Waals surface area contributed by atoms with Crippen LogP contribution in [0.4, 0.5) is 0 Å². The van der Waals surface area contributed by atoms with Gasteiger partial charge in [-0.05, 0) is 47.9 Å². The molecular formula is C29H32O13. The highest BCUT2D eigenvalue weighted by atomic mass is 16.8. The molecular weight excluding hydrogens is 556 g/mol. The monoisotopic (exact) mass is 590 g/mol. The van der Waals surface area contributed by atoms with Gasteiger partial charge >= 0.3 is 5.97 Å². The summed E-state index contributed by atoms with van der Waals surface area (Å²) in [5, 5.41) is 32.6. The van der Waals surface area contributed by atoms with Crippen molar-refractivity contribution in [2.24, 2.45) is 11.8 Å². The molecule has 10 atom stereocenters. The minimum atomic E-state index is -2.33. The van der Waals surface area contributed by atoms with E-state index in [2.05, 4.69) is 0 Å². The molecule has 13 heteroatoms. The van der Waals surface area contributed by atoms with E-state index in [1.165, 1.54) is 32.4 Å². The van der Waals surface area contributed by atoms with Gasteiger partial charge in [-0.15, -0.1) is 0 Å². The molecule has 0 saturated carbocycles. The Morgan fingerprint density at radius 2 is 1.62 bits per heavy atom. The lowest BCUT2D eigenvalue weighted by molar-refractivity contribution is -0.364. The predicted octanol–water partition coefficient (Wildman–Crippen LogP) is 1.34. The number of rotatable bonds is 5. The van der Waals surface area contributed by atoms with Gasteiger partial charge in [0.1, 0.15) is 24.4 Å². The number of esters is 1. The molecule has 1 aliphatic carbocycles. The average Bonchev–Trinajstić information content (AvgIpc) is 3.61. The van der Waals surface area contributed by atoms with E-state index < -0.39 is 66.8 Å². The maximum absolute atomic E-state index is 13.6. The average molecular weight is 591 g/mol. The van der Waals surface area contributed by atoms with E-state index in [1.807, 2.05) is 0 Å². The zero-order valence-corrected chi connectivity index (χ0v) is 23.0. The fourth-order valence-electron chi connectivity index (χ4n) is 6.25. The molecule has 0 radical (unpaired) electrons. The molecule has 5 aliphatic rings. The first-order valence-electron chi connectivity index (χ1n) is 14.5. The Morgan fingerprint density at radius 1 is 0.929 bits per heavy atom. The Bertz CT molecular complexity index is 1460. The van der Waals surface area contributed by atoms with Gasteiger partial charge in [-0.2, -0.15) is 0 Å². The van der Waals surface area contributed by atoms with Crippen molar-refractivity contribution in [1.29, 1.82) is 0 Å². The summed E-state index contributed by atoms with van der Waals surface area (Å²) < 4.78 is 70.7. The molecule has 2 aromatic carbocycles. The molecule has 0 unspecified atom stereocenters. The Morgan fingerprint density at radius 3 is 2.31 bits per heavy atom. The second kappa shape index (κ2) is 10.4. The standard InChI is InChI=1S/C29H32O13/c1-11-36-9-20-27(40-11)24(31)25(32)29(41-20)42-26-14-7-17-16(38-10-39-17)6-13(14)21(22-15(26)8-37-28(22)33)12-4-18(34-2)23(30)19(5-12)35-3/h4-7,11,15,20-22,24-27,29-32H,8-10H2,1-3H3/t11-,15+,20-,21-,22+,24-,25-,26-,27-,29+/m1/s1/i21D,22D. The summed E-state index contributed by atoms with van der Waals surface area (Å²) in [5.74, 6) is -6.38. The van der Waals surface area contributed by atoms with Crippen LogP contribution >= 0.6 is 0 Å². The molecule has 4 heterocycles. The third-order valence-electron chi connectivity index (χ3n) is 8.27. The van der Waals surface area contributed by atoms with Gasteiger partial charge in [0.05, 0.1) is 39.4 Å². The van der Waals surface area contributed by atoms with Crippen LogP contribution in [-0.4, -0.2) is 92.5 Å². The lowest BCUT2D eigenvalue weighted by Gasteiger charge is -2.47. The Hall–Kier alpha value is -3.33. The number of carbonyl (C=O) groups excluding carboxylic acids is 1. The van der Waals surface area contributed by atoms with Crippen molar-refractivity contribution in [3.63, 3.8) is 0 Å². The maximum atomic E-state index is 13.6. The van der Waals surface area contributed by atoms with Crippen molar-refractivity contribution >= 4 is 5.97 Å². The molecule has 42 heavy (non-hydrogen) atoms. The van der Waals surface area contributed by atoms with E-state index >= 15 is 0 Å². The number of fused-ring (bicyclic) bond motifs is 4. The topological polar surface area (TPSA) is 161 Å². The number of phenolic OH excluding ortho intramolecular Hbond substituents is 1. The van der Waals surface area contributed by atoms with E-state index in [4.69, 9.17) is 42.6 Å². The second-order valence-corrected chi connectivity index (χ2v) is 10.6. The van der Waals surface area contributed by atoms with E-state index in [1.54, 1.807) is 13.0 Å². The first kappa shape index (κ1) is 25.2. The van der Waals surface area contributed by atoms with Gasteiger partial charge in [0.25, 0.3) is 0 Å². The molecule has 4 aliphatic heterocycles. The lowest BCUT2D eigenvalue weighted by Crippen LogP contribution is -2.63. The third kappa shape index (κ3) is 4.26. The molecule has 0 amide bonds. The summed E-state index contributed by atoms with van der Waals surface area (Å²) in [6.45, 7) is 1.35. The Labute approximate surface area is 243 Å². The largest absolute Gasteiger partial charge is 0.502 e. The van der Waals surface area contributed by atoms with Gasteiger partial charge in [0.2, 0.25) is 12.5 Å². The number of aromatic hydroxyl groups is 1. The highest BCUT2D eigenvalue weighted by molar-refractivity contribution is 5.79. The van der Waals surface area contributed by atoms with E-state index in [0.29, 0.717) is 11.3 Å². The third-order valence-corrected chi connectivity index (χ3v) is 8.27. The molecule has 3 N–H and O–H groups in total. The van der Waals surface area contributed by atoms with Gasteiger partial charge in [-0.1, -0.05) is 0 Å². The number of hydrogen-bond donors (Lipinski definition) is 3. The van der Waals surface area contributed by atoms with Crippen LogP contribution in [0.3, 0.4) is 0 Å². The van der Waals surface area contributed by atoms with Crippen LogP contribution in [-0.2, 0) is 28.5 Å². The van der Waals surface area contributed by atoms with Crippen molar-refractivity contribution < 1.29 is 65.5 Å². The van der Waals surface area contributed by atoms with Crippen LogP contribution in [0.1, 0.15) is 38.4 Å². The van der Waals surface area contributed by atoms with Crippen LogP contribution in [0, 0.1) is 11.8 Å². The van der Waals surface area contributed by atoms with Gasteiger partial charge in [0, 0.05) is 14.6 Å². The van der Waals surface area contributed by atoms with Crippen molar-refractivity contribution in [2.75, 3.05) is 34.2 Å². The van der Waals surface area contributed by atoms with Crippen molar-refractivity contribution in [2.45, 2.75) is 55.9 Å². The summed E-state index contributed by atoms with van der Waals surface area (Å²) in [6.07, 6.45) is -7.79. The molecule has 226 valence electrons. The molecule has 2 aromatic rings. The summed E-state index contributed by atoms with van der Waals surface area (Å²) in [7, 11) is 2.65. The van der Waals surface area contributed by atoms with Crippen LogP contribution in [0.25, 0.3) is 0 Å². The highest BCUT2D eigenvalue weighted by Gasteiger charge is 2.56. The van der Waals surface area contributed by atoms with Crippen molar-refractivity contribution in [1.82, 2.24) is 0 Å². The zero-order valence-electron chi connectivity index (χ0n) is 25.0. The van der Waals surface area contributed by atoms with Crippen molar-refractivity contribution in [3.8, 4) is 28.7 Å². The van der Waals surface area contributed by atoms with Crippen LogP contribution in [0.2, 0.25) is 0 Å². The minimum absolute atomic E-state index is 0.0355. The number of carbonyl (C=O) groups is 1. The number of aliphatic hydroxyl groups excluding tert-OH is 2. The molecule has 3 fully saturated rings. The van der Waals surface area contributed by atoms with Gasteiger partial charge in [-0.25, -0.2) is 0 Å². The summed E-state index contributed by atoms with van der Waals surface area (Å²) >= 11 is 0. The summed E-state index contributed by atoms with van der Waals surface area (Å²) in [5.41, 5.74) is 0.589. The molecule has 13 nitrogen and oxygen atoms in total. The number of aliphatic hydroxyl groups is 2. The summed E-state index contributed by atoms with van der Waals surface area (Å²) in [4.78, 5) is 13.6. The van der Waals surface area contributed by atoms with E-state index in [-0.39, 0.29) is 54.1 Å². The predicted molar refractivity (Wildman–Crippen MR) is 138 cm³/mol. The van der Waals surface area contributed by atoms with Gasteiger partial charge in [0.15, 0.2) is 35.6 Å².